The summed E-state index contributed by atoms with van der Waals surface area (Å²) in [6.07, 6.45) is -3.36. The second-order valence-electron chi connectivity index (χ2n) is 5.67. The summed E-state index contributed by atoms with van der Waals surface area (Å²) in [4.78, 5) is 11.4. The van der Waals surface area contributed by atoms with Crippen LogP contribution in [0.25, 0.3) is 0 Å². The quantitative estimate of drug-likeness (QED) is 0.834. The van der Waals surface area contributed by atoms with Crippen LogP contribution in [0.15, 0.2) is 30.3 Å². The Balaban J connectivity index is 1.76. The molecule has 0 aromatic heterocycles. The molecule has 1 aromatic rings. The standard InChI is InChI=1S/C16H21NO6/c1-9(18)17-12-13(19)14-11(22-16(12)20-2)8-21-15(23-14)10-6-4-3-5-7-10/h3-7,11-16,19H,8H2,1-2H3,(H,17,18)/t11-,12-,13-,14-,15?,16-/m0/s1. The van der Waals surface area contributed by atoms with E-state index in [-0.39, 0.29) is 12.5 Å². The van der Waals surface area contributed by atoms with Gasteiger partial charge in [0.1, 0.15) is 24.4 Å². The molecular weight excluding hydrogens is 302 g/mol. The molecule has 2 saturated heterocycles. The molecule has 7 heteroatoms. The number of nitrogens with one attached hydrogen (secondary N) is 1. The van der Waals surface area contributed by atoms with Crippen molar-refractivity contribution in [1.82, 2.24) is 5.32 Å². The molecule has 1 aromatic carbocycles. The number of aliphatic hydroxyl groups excluding tert-OH is 1. The van der Waals surface area contributed by atoms with E-state index < -0.39 is 36.9 Å². The molecule has 2 aliphatic heterocycles. The minimum atomic E-state index is -0.960. The lowest BCUT2D eigenvalue weighted by Gasteiger charge is -2.47. The second kappa shape index (κ2) is 6.94. The Labute approximate surface area is 134 Å². The number of hydrogen-bond acceptors (Lipinski definition) is 6. The van der Waals surface area contributed by atoms with Gasteiger partial charge in [0.2, 0.25) is 5.91 Å². The first-order chi connectivity index (χ1) is 11.1. The van der Waals surface area contributed by atoms with Gasteiger partial charge in [0.25, 0.3) is 0 Å². The Kier molecular flexibility index (Phi) is 4.93. The lowest BCUT2D eigenvalue weighted by atomic mass is 9.95. The van der Waals surface area contributed by atoms with Crippen molar-refractivity contribution in [2.75, 3.05) is 13.7 Å². The van der Waals surface area contributed by atoms with Gasteiger partial charge in [-0.15, -0.1) is 0 Å². The second-order valence-corrected chi connectivity index (χ2v) is 5.67. The number of fused-ring (bicyclic) bond motifs is 1. The van der Waals surface area contributed by atoms with Crippen LogP contribution in [0.1, 0.15) is 18.8 Å². The molecule has 6 atom stereocenters. The van der Waals surface area contributed by atoms with Gasteiger partial charge in [-0.05, 0) is 0 Å². The Hall–Kier alpha value is -1.51. The summed E-state index contributed by atoms with van der Waals surface area (Å²) >= 11 is 0. The van der Waals surface area contributed by atoms with Crippen molar-refractivity contribution in [3.8, 4) is 0 Å². The van der Waals surface area contributed by atoms with Crippen LogP contribution in [-0.2, 0) is 23.7 Å². The van der Waals surface area contributed by atoms with E-state index in [4.69, 9.17) is 18.9 Å². The molecule has 1 unspecified atom stereocenters. The van der Waals surface area contributed by atoms with E-state index in [2.05, 4.69) is 5.32 Å². The van der Waals surface area contributed by atoms with Crippen molar-refractivity contribution in [2.45, 2.75) is 43.9 Å². The molecule has 0 radical (unpaired) electrons. The Bertz CT molecular complexity index is 539. The Morgan fingerprint density at radius 2 is 2.04 bits per heavy atom. The smallest absolute Gasteiger partial charge is 0.217 e. The lowest BCUT2D eigenvalue weighted by molar-refractivity contribution is -0.341. The number of benzene rings is 1. The first-order valence-corrected chi connectivity index (χ1v) is 7.55. The van der Waals surface area contributed by atoms with Gasteiger partial charge in [-0.1, -0.05) is 30.3 Å². The molecule has 126 valence electrons. The first kappa shape index (κ1) is 16.4. The zero-order valence-electron chi connectivity index (χ0n) is 13.0. The zero-order valence-corrected chi connectivity index (χ0v) is 13.0. The van der Waals surface area contributed by atoms with E-state index in [0.29, 0.717) is 0 Å². The minimum absolute atomic E-state index is 0.272. The minimum Gasteiger partial charge on any atom is -0.388 e. The van der Waals surface area contributed by atoms with Crippen LogP contribution in [0.5, 0.6) is 0 Å². The van der Waals surface area contributed by atoms with Crippen molar-refractivity contribution in [1.29, 1.82) is 0 Å². The van der Waals surface area contributed by atoms with Crippen molar-refractivity contribution in [3.63, 3.8) is 0 Å². The number of methoxy groups -OCH3 is 1. The zero-order chi connectivity index (χ0) is 16.4. The molecule has 3 rings (SSSR count). The average molecular weight is 323 g/mol. The van der Waals surface area contributed by atoms with Gasteiger partial charge < -0.3 is 29.4 Å². The van der Waals surface area contributed by atoms with Crippen molar-refractivity contribution in [3.05, 3.63) is 35.9 Å². The third kappa shape index (κ3) is 3.39. The van der Waals surface area contributed by atoms with Crippen molar-refractivity contribution >= 4 is 5.91 Å². The molecule has 2 heterocycles. The molecule has 0 saturated carbocycles. The van der Waals surface area contributed by atoms with Crippen LogP contribution in [0.2, 0.25) is 0 Å². The maximum atomic E-state index is 11.4. The Morgan fingerprint density at radius 3 is 2.70 bits per heavy atom. The summed E-state index contributed by atoms with van der Waals surface area (Å²) in [6, 6.07) is 8.78. The molecule has 0 aliphatic carbocycles. The molecule has 1 amide bonds. The maximum absolute atomic E-state index is 11.4. The Morgan fingerprint density at radius 1 is 1.30 bits per heavy atom. The number of amides is 1. The number of carbonyl (C=O) groups excluding carboxylic acids is 1. The molecule has 2 N–H and O–H groups in total. The highest BCUT2D eigenvalue weighted by Gasteiger charge is 2.49. The summed E-state index contributed by atoms with van der Waals surface area (Å²) in [5, 5.41) is 13.3. The van der Waals surface area contributed by atoms with E-state index in [1.54, 1.807) is 0 Å². The third-order valence-electron chi connectivity index (χ3n) is 4.04. The van der Waals surface area contributed by atoms with Gasteiger partial charge in [0, 0.05) is 19.6 Å². The number of aliphatic hydroxyl groups is 1. The van der Waals surface area contributed by atoms with Gasteiger partial charge in [0.05, 0.1) is 6.61 Å². The molecule has 0 spiro atoms. The lowest BCUT2D eigenvalue weighted by Crippen LogP contribution is -2.66. The van der Waals surface area contributed by atoms with Gasteiger partial charge >= 0.3 is 0 Å². The summed E-state index contributed by atoms with van der Waals surface area (Å²) < 4.78 is 22.6. The van der Waals surface area contributed by atoms with E-state index in [1.165, 1.54) is 14.0 Å². The highest BCUT2D eigenvalue weighted by molar-refractivity contribution is 5.73. The van der Waals surface area contributed by atoms with E-state index >= 15 is 0 Å². The summed E-state index contributed by atoms with van der Waals surface area (Å²) in [7, 11) is 1.46. The molecular formula is C16H21NO6. The van der Waals surface area contributed by atoms with Gasteiger partial charge in [-0.3, -0.25) is 4.79 Å². The predicted octanol–water partition coefficient (Wildman–Crippen LogP) is 0.337. The topological polar surface area (TPSA) is 86.2 Å². The number of carbonyl (C=O) groups is 1. The molecule has 0 bridgehead atoms. The number of hydrogen-bond donors (Lipinski definition) is 2. The fourth-order valence-corrected chi connectivity index (χ4v) is 2.96. The molecule has 2 aliphatic rings. The predicted molar refractivity (Wildman–Crippen MR) is 79.3 cm³/mol. The van der Waals surface area contributed by atoms with E-state index in [1.807, 2.05) is 30.3 Å². The third-order valence-corrected chi connectivity index (χ3v) is 4.04. The molecule has 23 heavy (non-hydrogen) atoms. The van der Waals surface area contributed by atoms with Crippen molar-refractivity contribution < 1.29 is 28.8 Å². The van der Waals surface area contributed by atoms with E-state index in [9.17, 15) is 9.90 Å². The van der Waals surface area contributed by atoms with E-state index in [0.717, 1.165) is 5.56 Å². The first-order valence-electron chi connectivity index (χ1n) is 7.55. The number of ether oxygens (including phenoxy) is 4. The maximum Gasteiger partial charge on any atom is 0.217 e. The van der Waals surface area contributed by atoms with Gasteiger partial charge in [-0.2, -0.15) is 0 Å². The average Bonchev–Trinajstić information content (AvgIpc) is 2.57. The fraction of sp³-hybridized carbons (Fsp3) is 0.562. The highest BCUT2D eigenvalue weighted by atomic mass is 16.7. The monoisotopic (exact) mass is 323 g/mol. The largest absolute Gasteiger partial charge is 0.388 e. The fourth-order valence-electron chi connectivity index (χ4n) is 2.96. The van der Waals surface area contributed by atoms with Crippen LogP contribution < -0.4 is 5.32 Å². The summed E-state index contributed by atoms with van der Waals surface area (Å²) in [5.74, 6) is -0.273. The summed E-state index contributed by atoms with van der Waals surface area (Å²) in [5.41, 5.74) is 0.864. The number of rotatable bonds is 3. The summed E-state index contributed by atoms with van der Waals surface area (Å²) in [6.45, 7) is 1.65. The van der Waals surface area contributed by atoms with Crippen LogP contribution in [-0.4, -0.2) is 55.4 Å². The van der Waals surface area contributed by atoms with Gasteiger partial charge in [-0.25, -0.2) is 0 Å². The van der Waals surface area contributed by atoms with Crippen LogP contribution in [0, 0.1) is 0 Å². The van der Waals surface area contributed by atoms with Crippen LogP contribution in [0.4, 0.5) is 0 Å². The molecule has 2 fully saturated rings. The SMILES string of the molecule is CO[C@H]1O[C@H]2COC(c3ccccc3)O[C@@H]2[C@@H](O)[C@@H]1NC(C)=O. The van der Waals surface area contributed by atoms with Crippen molar-refractivity contribution in [2.24, 2.45) is 0 Å². The highest BCUT2D eigenvalue weighted by Crippen LogP contribution is 2.34. The van der Waals surface area contributed by atoms with Crippen LogP contribution >= 0.6 is 0 Å². The molecule has 7 nitrogen and oxygen atoms in total. The van der Waals surface area contributed by atoms with Crippen LogP contribution in [0.3, 0.4) is 0 Å². The normalized spacial score (nSPS) is 37.0. The van der Waals surface area contributed by atoms with Gasteiger partial charge in [0.15, 0.2) is 12.6 Å².